The molecule has 4 aromatic rings. The first-order valence-corrected chi connectivity index (χ1v) is 16.8. The fraction of sp³-hybridized carbons (Fsp3) is 0.257. The molecule has 0 radical (unpaired) electrons. The van der Waals surface area contributed by atoms with E-state index in [4.69, 9.17) is 23.2 Å². The molecule has 2 amide bonds. The molecular weight excluding hydrogens is 648 g/mol. The Labute approximate surface area is 280 Å². The Kier molecular flexibility index (Phi) is 11.1. The number of carbonyl (C=O) groups is 2. The van der Waals surface area contributed by atoms with Gasteiger partial charge in [0.15, 0.2) is 0 Å². The highest BCUT2D eigenvalue weighted by Crippen LogP contribution is 2.35. The summed E-state index contributed by atoms with van der Waals surface area (Å²) < 4.78 is 43.1. The van der Waals surface area contributed by atoms with E-state index in [9.17, 15) is 22.4 Å². The lowest BCUT2D eigenvalue weighted by Crippen LogP contribution is -2.56. The predicted octanol–water partition coefficient (Wildman–Crippen LogP) is 7.19. The molecule has 1 unspecified atom stereocenters. The summed E-state index contributed by atoms with van der Waals surface area (Å²) in [5, 5.41) is 3.02. The van der Waals surface area contributed by atoms with Crippen LogP contribution in [0.25, 0.3) is 0 Å². The number of sulfonamides is 1. The lowest BCUT2D eigenvalue weighted by atomic mass is 10.0. The average molecular weight is 685 g/mol. The van der Waals surface area contributed by atoms with E-state index in [1.807, 2.05) is 58.0 Å². The average Bonchev–Trinajstić information content (AvgIpc) is 3.00. The Bertz CT molecular complexity index is 1780. The Morgan fingerprint density at radius 2 is 1.48 bits per heavy atom. The zero-order valence-electron chi connectivity index (χ0n) is 26.0. The van der Waals surface area contributed by atoms with E-state index in [1.54, 1.807) is 12.1 Å². The number of halogens is 3. The van der Waals surface area contributed by atoms with E-state index < -0.39 is 45.8 Å². The maximum Gasteiger partial charge on any atom is 0.264 e. The summed E-state index contributed by atoms with van der Waals surface area (Å²) in [4.78, 5) is 29.7. The topological polar surface area (TPSA) is 86.8 Å². The van der Waals surface area contributed by atoms with Crippen molar-refractivity contribution in [3.63, 3.8) is 0 Å². The van der Waals surface area contributed by atoms with Crippen LogP contribution in [-0.2, 0) is 32.6 Å². The van der Waals surface area contributed by atoms with E-state index in [-0.39, 0.29) is 33.6 Å². The molecule has 0 aromatic heterocycles. The molecule has 7 nitrogen and oxygen atoms in total. The number of hydrogen-bond acceptors (Lipinski definition) is 4. The van der Waals surface area contributed by atoms with Gasteiger partial charge in [0.1, 0.15) is 18.4 Å². The summed E-state index contributed by atoms with van der Waals surface area (Å²) >= 11 is 12.9. The Morgan fingerprint density at radius 1 is 0.848 bits per heavy atom. The van der Waals surface area contributed by atoms with Gasteiger partial charge in [0.2, 0.25) is 11.8 Å². The molecule has 1 N–H and O–H groups in total. The zero-order chi connectivity index (χ0) is 33.6. The van der Waals surface area contributed by atoms with Gasteiger partial charge in [0.25, 0.3) is 10.0 Å². The van der Waals surface area contributed by atoms with Gasteiger partial charge >= 0.3 is 0 Å². The molecule has 0 saturated heterocycles. The van der Waals surface area contributed by atoms with Crippen LogP contribution in [0.2, 0.25) is 10.0 Å². The molecule has 0 heterocycles. The van der Waals surface area contributed by atoms with Gasteiger partial charge in [-0.3, -0.25) is 13.9 Å². The normalized spacial score (nSPS) is 12.3. The number of aryl methyl sites for hydroxylation is 1. The summed E-state index contributed by atoms with van der Waals surface area (Å²) in [6.45, 7) is 6.50. The Balaban J connectivity index is 1.84. The third-order valence-electron chi connectivity index (χ3n) is 7.12. The predicted molar refractivity (Wildman–Crippen MR) is 181 cm³/mol. The quantitative estimate of drug-likeness (QED) is 0.181. The van der Waals surface area contributed by atoms with Crippen LogP contribution in [0, 0.1) is 12.7 Å². The standard InChI is InChI=1S/C35H36Cl2FN3O4S/c1-24-13-19-28(20-14-24)46(44,45)41(30-12-8-11-29(36)33(30)37)23-32(42)40(22-26-15-17-27(38)18-16-26)31(34(43)39-35(2,3)4)21-25-9-6-5-7-10-25/h5-20,31H,21-23H2,1-4H3,(H,39,43). The summed E-state index contributed by atoms with van der Waals surface area (Å²) in [6.07, 6.45) is 0.137. The number of carbonyl (C=O) groups excluding carboxylic acids is 2. The van der Waals surface area contributed by atoms with Crippen molar-refractivity contribution in [2.75, 3.05) is 10.8 Å². The monoisotopic (exact) mass is 683 g/mol. The van der Waals surface area contributed by atoms with Crippen LogP contribution < -0.4 is 9.62 Å². The first kappa shape index (κ1) is 34.9. The second-order valence-corrected chi connectivity index (χ2v) is 14.6. The van der Waals surface area contributed by atoms with Gasteiger partial charge in [-0.1, -0.05) is 89.4 Å². The molecular formula is C35H36Cl2FN3O4S. The van der Waals surface area contributed by atoms with Crippen LogP contribution in [0.4, 0.5) is 10.1 Å². The zero-order valence-corrected chi connectivity index (χ0v) is 28.3. The summed E-state index contributed by atoms with van der Waals surface area (Å²) in [7, 11) is -4.36. The molecule has 4 rings (SSSR count). The van der Waals surface area contributed by atoms with Crippen LogP contribution in [0.3, 0.4) is 0 Å². The van der Waals surface area contributed by atoms with Crippen molar-refractivity contribution in [2.45, 2.75) is 57.1 Å². The van der Waals surface area contributed by atoms with Crippen molar-refractivity contribution in [3.05, 3.63) is 130 Å². The lowest BCUT2D eigenvalue weighted by molar-refractivity contribution is -0.140. The molecule has 0 aliphatic carbocycles. The van der Waals surface area contributed by atoms with Gasteiger partial charge in [0, 0.05) is 18.5 Å². The summed E-state index contributed by atoms with van der Waals surface area (Å²) in [5.74, 6) is -1.57. The highest BCUT2D eigenvalue weighted by molar-refractivity contribution is 7.92. The van der Waals surface area contributed by atoms with E-state index in [0.717, 1.165) is 15.4 Å². The minimum absolute atomic E-state index is 0.00331. The molecule has 0 aliphatic rings. The molecule has 11 heteroatoms. The SMILES string of the molecule is Cc1ccc(S(=O)(=O)N(CC(=O)N(Cc2ccc(F)cc2)C(Cc2ccccc2)C(=O)NC(C)(C)C)c2cccc(Cl)c2Cl)cc1. The molecule has 0 spiro atoms. The second-order valence-electron chi connectivity index (χ2n) is 12.0. The number of hydrogen-bond donors (Lipinski definition) is 1. The van der Waals surface area contributed by atoms with E-state index in [2.05, 4.69) is 5.32 Å². The molecule has 46 heavy (non-hydrogen) atoms. The van der Waals surface area contributed by atoms with Crippen molar-refractivity contribution < 1.29 is 22.4 Å². The maximum absolute atomic E-state index is 14.5. The van der Waals surface area contributed by atoms with E-state index in [0.29, 0.717) is 5.56 Å². The van der Waals surface area contributed by atoms with E-state index >= 15 is 0 Å². The van der Waals surface area contributed by atoms with Crippen LogP contribution in [0.1, 0.15) is 37.5 Å². The van der Waals surface area contributed by atoms with Crippen molar-refractivity contribution in [3.8, 4) is 0 Å². The lowest BCUT2D eigenvalue weighted by Gasteiger charge is -2.35. The maximum atomic E-state index is 14.5. The fourth-order valence-electron chi connectivity index (χ4n) is 4.83. The third-order valence-corrected chi connectivity index (χ3v) is 9.71. The van der Waals surface area contributed by atoms with Crippen LogP contribution in [-0.4, -0.2) is 43.3 Å². The number of nitrogens with zero attached hydrogens (tertiary/aromatic N) is 2. The molecule has 242 valence electrons. The number of amides is 2. The largest absolute Gasteiger partial charge is 0.350 e. The number of nitrogens with one attached hydrogen (secondary N) is 1. The van der Waals surface area contributed by atoms with Crippen LogP contribution >= 0.6 is 23.2 Å². The number of rotatable bonds is 11. The van der Waals surface area contributed by atoms with Crippen molar-refractivity contribution in [2.24, 2.45) is 0 Å². The van der Waals surface area contributed by atoms with Crippen LogP contribution in [0.5, 0.6) is 0 Å². The smallest absolute Gasteiger partial charge is 0.264 e. The highest BCUT2D eigenvalue weighted by atomic mass is 35.5. The molecule has 0 saturated carbocycles. The van der Waals surface area contributed by atoms with Gasteiger partial charge in [-0.2, -0.15) is 0 Å². The minimum Gasteiger partial charge on any atom is -0.350 e. The Hall–Kier alpha value is -3.92. The molecule has 4 aromatic carbocycles. The van der Waals surface area contributed by atoms with Gasteiger partial charge < -0.3 is 10.2 Å². The van der Waals surface area contributed by atoms with Crippen molar-refractivity contribution in [1.82, 2.24) is 10.2 Å². The number of anilines is 1. The minimum atomic E-state index is -4.36. The Morgan fingerprint density at radius 3 is 2.09 bits per heavy atom. The van der Waals surface area contributed by atoms with Gasteiger partial charge in [-0.05, 0) is 75.2 Å². The fourth-order valence-corrected chi connectivity index (χ4v) is 6.70. The molecule has 0 fully saturated rings. The first-order valence-electron chi connectivity index (χ1n) is 14.6. The second kappa shape index (κ2) is 14.7. The highest BCUT2D eigenvalue weighted by Gasteiger charge is 2.36. The molecule has 0 bridgehead atoms. The van der Waals surface area contributed by atoms with E-state index in [1.165, 1.54) is 59.5 Å². The van der Waals surface area contributed by atoms with Crippen molar-refractivity contribution >= 4 is 50.7 Å². The van der Waals surface area contributed by atoms with Crippen LogP contribution in [0.15, 0.2) is 102 Å². The summed E-state index contributed by atoms with van der Waals surface area (Å²) in [6, 6.07) is 24.4. The third kappa shape index (κ3) is 8.87. The van der Waals surface area contributed by atoms with Gasteiger partial charge in [0.05, 0.1) is 20.6 Å². The first-order chi connectivity index (χ1) is 21.7. The van der Waals surface area contributed by atoms with Gasteiger partial charge in [-0.25, -0.2) is 12.8 Å². The van der Waals surface area contributed by atoms with Crippen molar-refractivity contribution in [1.29, 1.82) is 0 Å². The molecule has 1 atom stereocenters. The summed E-state index contributed by atoms with van der Waals surface area (Å²) in [5.41, 5.74) is 1.55. The van der Waals surface area contributed by atoms with Gasteiger partial charge in [-0.15, -0.1) is 0 Å². The molecule has 0 aliphatic heterocycles. The number of benzene rings is 4.